The van der Waals surface area contributed by atoms with Gasteiger partial charge in [-0.05, 0) is 44.3 Å². The zero-order valence-electron chi connectivity index (χ0n) is 17.9. The van der Waals surface area contributed by atoms with Gasteiger partial charge in [0.1, 0.15) is 0 Å². The number of imidazole rings is 1. The molecule has 0 radical (unpaired) electrons. The van der Waals surface area contributed by atoms with Gasteiger partial charge in [-0.2, -0.15) is 0 Å². The standard InChI is InChI=1S/C25H24ClN5O/c1-29-11-2-12-30(14-13-29)25(32)20-5-3-18(4-6-20)22-17-31-23(15-28-24(31)16-27-22)19-7-9-21(26)10-8-19/h3-10,15-17H,2,11-14H2,1H3. The number of fused-ring (bicyclic) bond motifs is 1. The average Bonchev–Trinajstić information content (AvgIpc) is 3.12. The van der Waals surface area contributed by atoms with E-state index in [1.165, 1.54) is 0 Å². The van der Waals surface area contributed by atoms with Gasteiger partial charge in [-0.1, -0.05) is 35.9 Å². The van der Waals surface area contributed by atoms with Crippen LogP contribution in [0.25, 0.3) is 28.2 Å². The Labute approximate surface area is 192 Å². The van der Waals surface area contributed by atoms with Crippen LogP contribution in [0.2, 0.25) is 5.02 Å². The maximum atomic E-state index is 12.9. The van der Waals surface area contributed by atoms with Crippen molar-refractivity contribution in [3.05, 3.63) is 77.7 Å². The second-order valence-electron chi connectivity index (χ2n) is 8.18. The predicted octanol–water partition coefficient (Wildman–Crippen LogP) is 4.49. The molecule has 1 amide bonds. The number of likely N-dealkylation sites (N-methyl/N-ethyl adjacent to an activating group) is 1. The molecule has 6 nitrogen and oxygen atoms in total. The summed E-state index contributed by atoms with van der Waals surface area (Å²) in [6, 6.07) is 15.4. The van der Waals surface area contributed by atoms with E-state index in [1.807, 2.05) is 70.2 Å². The van der Waals surface area contributed by atoms with E-state index in [0.717, 1.165) is 60.8 Å². The maximum absolute atomic E-state index is 12.9. The van der Waals surface area contributed by atoms with Crippen LogP contribution in [0.4, 0.5) is 0 Å². The quantitative estimate of drug-likeness (QED) is 0.466. The minimum Gasteiger partial charge on any atom is -0.337 e. The van der Waals surface area contributed by atoms with Gasteiger partial charge in [-0.3, -0.25) is 14.2 Å². The average molecular weight is 446 g/mol. The molecule has 0 aliphatic carbocycles. The molecule has 32 heavy (non-hydrogen) atoms. The summed E-state index contributed by atoms with van der Waals surface area (Å²) < 4.78 is 2.03. The highest BCUT2D eigenvalue weighted by molar-refractivity contribution is 6.30. The van der Waals surface area contributed by atoms with E-state index >= 15 is 0 Å². The van der Waals surface area contributed by atoms with Crippen LogP contribution in [0, 0.1) is 0 Å². The number of benzene rings is 2. The van der Waals surface area contributed by atoms with Crippen LogP contribution in [0.1, 0.15) is 16.8 Å². The van der Waals surface area contributed by atoms with E-state index in [1.54, 1.807) is 6.20 Å². The van der Waals surface area contributed by atoms with E-state index in [0.29, 0.717) is 10.6 Å². The smallest absolute Gasteiger partial charge is 0.253 e. The van der Waals surface area contributed by atoms with Gasteiger partial charge in [0.25, 0.3) is 5.91 Å². The van der Waals surface area contributed by atoms with Crippen molar-refractivity contribution in [1.82, 2.24) is 24.2 Å². The molecule has 0 spiro atoms. The Morgan fingerprint density at radius 3 is 2.41 bits per heavy atom. The molecule has 0 bridgehead atoms. The lowest BCUT2D eigenvalue weighted by molar-refractivity contribution is 0.0763. The van der Waals surface area contributed by atoms with E-state index < -0.39 is 0 Å². The third kappa shape index (κ3) is 4.11. The van der Waals surface area contributed by atoms with Crippen molar-refractivity contribution in [3.63, 3.8) is 0 Å². The van der Waals surface area contributed by atoms with Gasteiger partial charge in [-0.25, -0.2) is 4.98 Å². The number of amides is 1. The van der Waals surface area contributed by atoms with Crippen LogP contribution in [0.5, 0.6) is 0 Å². The molecule has 1 aliphatic heterocycles. The largest absolute Gasteiger partial charge is 0.337 e. The van der Waals surface area contributed by atoms with Crippen LogP contribution < -0.4 is 0 Å². The van der Waals surface area contributed by atoms with Gasteiger partial charge in [0.2, 0.25) is 0 Å². The van der Waals surface area contributed by atoms with E-state index in [9.17, 15) is 4.79 Å². The number of nitrogens with zero attached hydrogens (tertiary/aromatic N) is 5. The van der Waals surface area contributed by atoms with Crippen LogP contribution >= 0.6 is 11.6 Å². The van der Waals surface area contributed by atoms with Crippen molar-refractivity contribution >= 4 is 23.2 Å². The molecule has 162 valence electrons. The fourth-order valence-electron chi connectivity index (χ4n) is 4.09. The Kier molecular flexibility index (Phi) is 5.64. The van der Waals surface area contributed by atoms with Crippen LogP contribution in [0.3, 0.4) is 0 Å². The summed E-state index contributed by atoms with van der Waals surface area (Å²) in [6.07, 6.45) is 6.59. The summed E-state index contributed by atoms with van der Waals surface area (Å²) >= 11 is 6.03. The number of rotatable bonds is 3. The molecule has 7 heteroatoms. The Morgan fingerprint density at radius 1 is 0.875 bits per heavy atom. The summed E-state index contributed by atoms with van der Waals surface area (Å²) in [5.41, 5.74) is 5.26. The number of carbonyl (C=O) groups is 1. The van der Waals surface area contributed by atoms with Gasteiger partial charge in [0, 0.05) is 47.5 Å². The first-order valence-electron chi connectivity index (χ1n) is 10.8. The summed E-state index contributed by atoms with van der Waals surface area (Å²) in [6.45, 7) is 3.51. The third-order valence-corrected chi connectivity index (χ3v) is 6.22. The molecule has 3 heterocycles. The summed E-state index contributed by atoms with van der Waals surface area (Å²) in [5.74, 6) is 0.0925. The lowest BCUT2D eigenvalue weighted by Crippen LogP contribution is -2.34. The Morgan fingerprint density at radius 2 is 1.62 bits per heavy atom. The van der Waals surface area contributed by atoms with E-state index in [4.69, 9.17) is 11.6 Å². The number of halogens is 1. The molecule has 0 atom stereocenters. The molecule has 5 rings (SSSR count). The van der Waals surface area contributed by atoms with Crippen molar-refractivity contribution in [2.75, 3.05) is 33.2 Å². The lowest BCUT2D eigenvalue weighted by Gasteiger charge is -2.20. The molecular weight excluding hydrogens is 422 g/mol. The number of aromatic nitrogens is 3. The molecule has 1 saturated heterocycles. The molecule has 1 aliphatic rings. The summed E-state index contributed by atoms with van der Waals surface area (Å²) in [5, 5.41) is 0.701. The molecular formula is C25H24ClN5O. The topological polar surface area (TPSA) is 53.7 Å². The molecule has 1 fully saturated rings. The number of hydrogen-bond acceptors (Lipinski definition) is 4. The lowest BCUT2D eigenvalue weighted by atomic mass is 10.1. The zero-order chi connectivity index (χ0) is 22.1. The van der Waals surface area contributed by atoms with Crippen molar-refractivity contribution in [1.29, 1.82) is 0 Å². The van der Waals surface area contributed by atoms with Crippen molar-refractivity contribution in [3.8, 4) is 22.5 Å². The molecule has 0 N–H and O–H groups in total. The summed E-state index contributed by atoms with van der Waals surface area (Å²) in [4.78, 5) is 26.2. The van der Waals surface area contributed by atoms with E-state index in [-0.39, 0.29) is 5.91 Å². The minimum atomic E-state index is 0.0925. The molecule has 4 aromatic rings. The monoisotopic (exact) mass is 445 g/mol. The van der Waals surface area contributed by atoms with Gasteiger partial charge in [0.05, 0.1) is 23.8 Å². The molecule has 2 aromatic carbocycles. The van der Waals surface area contributed by atoms with E-state index in [2.05, 4.69) is 21.9 Å². The fraction of sp³-hybridized carbons (Fsp3) is 0.240. The Balaban J connectivity index is 1.41. The zero-order valence-corrected chi connectivity index (χ0v) is 18.7. The molecule has 2 aromatic heterocycles. The first-order chi connectivity index (χ1) is 15.6. The maximum Gasteiger partial charge on any atom is 0.253 e. The Hall–Kier alpha value is -3.22. The normalized spacial score (nSPS) is 15.1. The first-order valence-corrected chi connectivity index (χ1v) is 11.1. The number of hydrogen-bond donors (Lipinski definition) is 0. The van der Waals surface area contributed by atoms with Crippen molar-refractivity contribution in [2.45, 2.75) is 6.42 Å². The summed E-state index contributed by atoms with van der Waals surface area (Å²) in [7, 11) is 2.10. The SMILES string of the molecule is CN1CCCN(C(=O)c2ccc(-c3cn4c(-c5ccc(Cl)cc5)cnc4cn3)cc2)CC1. The van der Waals surface area contributed by atoms with Crippen molar-refractivity contribution < 1.29 is 4.79 Å². The fourth-order valence-corrected chi connectivity index (χ4v) is 4.21. The molecule has 0 saturated carbocycles. The van der Waals surface area contributed by atoms with Crippen LogP contribution in [-0.4, -0.2) is 63.3 Å². The van der Waals surface area contributed by atoms with Crippen LogP contribution in [0.15, 0.2) is 67.1 Å². The van der Waals surface area contributed by atoms with Gasteiger partial charge >= 0.3 is 0 Å². The highest BCUT2D eigenvalue weighted by Gasteiger charge is 2.19. The van der Waals surface area contributed by atoms with Gasteiger partial charge < -0.3 is 9.80 Å². The second-order valence-corrected chi connectivity index (χ2v) is 8.61. The Bertz CT molecular complexity index is 1250. The minimum absolute atomic E-state index is 0.0925. The third-order valence-electron chi connectivity index (χ3n) is 5.97. The highest BCUT2D eigenvalue weighted by atomic mass is 35.5. The van der Waals surface area contributed by atoms with Crippen molar-refractivity contribution in [2.24, 2.45) is 0 Å². The van der Waals surface area contributed by atoms with Gasteiger partial charge in [0.15, 0.2) is 5.65 Å². The van der Waals surface area contributed by atoms with Gasteiger partial charge in [-0.15, -0.1) is 0 Å². The highest BCUT2D eigenvalue weighted by Crippen LogP contribution is 2.25. The molecule has 0 unspecified atom stereocenters. The van der Waals surface area contributed by atoms with Crippen LogP contribution in [-0.2, 0) is 0 Å². The predicted molar refractivity (Wildman–Crippen MR) is 127 cm³/mol. The first kappa shape index (κ1) is 20.7. The second kappa shape index (κ2) is 8.73. The number of carbonyl (C=O) groups excluding carboxylic acids is 1.